The fourth-order valence-corrected chi connectivity index (χ4v) is 8.11. The average Bonchev–Trinajstić information content (AvgIpc) is 2.76. The zero-order valence-electron chi connectivity index (χ0n) is 17.1. The van der Waals surface area contributed by atoms with E-state index in [1.807, 2.05) is 17.8 Å². The first-order chi connectivity index (χ1) is 15.5. The van der Waals surface area contributed by atoms with Crippen LogP contribution in [0.25, 0.3) is 22.0 Å². The molecule has 3 aromatic rings. The molecule has 2 bridgehead atoms. The third kappa shape index (κ3) is 3.33. The molecule has 6 rings (SSSR count). The Bertz CT molecular complexity index is 1300. The Hall–Kier alpha value is -1.77. The summed E-state index contributed by atoms with van der Waals surface area (Å²) in [5, 5.41) is 1.21. The van der Waals surface area contributed by atoms with Crippen molar-refractivity contribution >= 4 is 51.8 Å². The predicted octanol–water partition coefficient (Wildman–Crippen LogP) is 5.29. The molecule has 32 heavy (non-hydrogen) atoms. The number of benzene rings is 2. The highest BCUT2D eigenvalue weighted by Crippen LogP contribution is 2.46. The van der Waals surface area contributed by atoms with Gasteiger partial charge in [-0.3, -0.25) is 4.57 Å². The molecule has 0 saturated carbocycles. The van der Waals surface area contributed by atoms with Crippen LogP contribution in [0.2, 0.25) is 5.02 Å². The first kappa shape index (κ1) is 20.8. The lowest BCUT2D eigenvalue weighted by Crippen LogP contribution is -2.46. The third-order valence-corrected chi connectivity index (χ3v) is 9.33. The summed E-state index contributed by atoms with van der Waals surface area (Å²) in [7, 11) is 0. The smallest absolute Gasteiger partial charge is 0.350 e. The summed E-state index contributed by atoms with van der Waals surface area (Å²) in [5.41, 5.74) is 1.22. The molecule has 0 amide bonds. The number of nitrogens with zero attached hydrogens (tertiary/aromatic N) is 3. The Kier molecular flexibility index (Phi) is 5.15. The van der Waals surface area contributed by atoms with Crippen LogP contribution in [0.3, 0.4) is 0 Å². The number of anilines is 1. The van der Waals surface area contributed by atoms with Gasteiger partial charge in [0.1, 0.15) is 17.5 Å². The number of thioether (sulfide) groups is 2. The van der Waals surface area contributed by atoms with E-state index >= 15 is 0 Å². The molecule has 0 radical (unpaired) electrons. The van der Waals surface area contributed by atoms with Crippen molar-refractivity contribution in [1.82, 2.24) is 9.55 Å². The maximum atomic E-state index is 14.7. The molecule has 2 fully saturated rings. The molecule has 2 aromatic carbocycles. The standard InChI is InChI=1S/C23H20ClF2N3OS2/c24-17-7-16-20-21(19(17)15-2-1-14(25)6-18(15)26)32-4-3-29(20)23(30)27-22(16)28-8-12-5-13(9-28)11-31-10-12/h1-2,6-7,12-13H,3-5,8-11H2. The van der Waals surface area contributed by atoms with Crippen molar-refractivity contribution < 1.29 is 8.78 Å². The SMILES string of the molecule is O=c1nc(N2CC3CSCC(C3)C2)c2cc(Cl)c(-c3ccc(F)cc3F)c3c2n1CCS3. The first-order valence-electron chi connectivity index (χ1n) is 10.7. The van der Waals surface area contributed by atoms with Gasteiger partial charge in [0, 0.05) is 52.9 Å². The van der Waals surface area contributed by atoms with Gasteiger partial charge < -0.3 is 4.90 Å². The average molecular weight is 492 g/mol. The summed E-state index contributed by atoms with van der Waals surface area (Å²) in [6, 6.07) is 5.32. The van der Waals surface area contributed by atoms with E-state index in [2.05, 4.69) is 9.88 Å². The number of aryl methyl sites for hydroxylation is 1. The van der Waals surface area contributed by atoms with E-state index in [0.717, 1.165) is 46.5 Å². The number of hydrogen-bond donors (Lipinski definition) is 0. The quantitative estimate of drug-likeness (QED) is 0.487. The molecule has 1 aromatic heterocycles. The Morgan fingerprint density at radius 2 is 1.91 bits per heavy atom. The van der Waals surface area contributed by atoms with Crippen molar-refractivity contribution in [3.05, 3.63) is 51.4 Å². The van der Waals surface area contributed by atoms with E-state index in [9.17, 15) is 13.6 Å². The van der Waals surface area contributed by atoms with Crippen LogP contribution >= 0.6 is 35.1 Å². The van der Waals surface area contributed by atoms with Gasteiger partial charge in [0.15, 0.2) is 0 Å². The van der Waals surface area contributed by atoms with Gasteiger partial charge in [-0.15, -0.1) is 11.8 Å². The molecule has 166 valence electrons. The Morgan fingerprint density at radius 3 is 2.66 bits per heavy atom. The van der Waals surface area contributed by atoms with Crippen LogP contribution in [0.4, 0.5) is 14.6 Å². The van der Waals surface area contributed by atoms with Gasteiger partial charge in [0.05, 0.1) is 10.5 Å². The Morgan fingerprint density at radius 1 is 1.12 bits per heavy atom. The van der Waals surface area contributed by atoms with Gasteiger partial charge in [-0.05, 0) is 48.0 Å². The van der Waals surface area contributed by atoms with Crippen LogP contribution in [0.5, 0.6) is 0 Å². The fourth-order valence-electron chi connectivity index (χ4n) is 5.27. The zero-order chi connectivity index (χ0) is 22.0. The van der Waals surface area contributed by atoms with E-state index in [4.69, 9.17) is 11.6 Å². The summed E-state index contributed by atoms with van der Waals surface area (Å²) in [5.74, 6) is 3.49. The maximum Gasteiger partial charge on any atom is 0.350 e. The molecular weight excluding hydrogens is 472 g/mol. The zero-order valence-corrected chi connectivity index (χ0v) is 19.5. The topological polar surface area (TPSA) is 38.1 Å². The number of rotatable bonds is 2. The van der Waals surface area contributed by atoms with Crippen molar-refractivity contribution in [3.8, 4) is 11.1 Å². The normalized spacial score (nSPS) is 22.4. The molecule has 2 unspecified atom stereocenters. The van der Waals surface area contributed by atoms with Crippen LogP contribution in [0.15, 0.2) is 34.0 Å². The molecule has 4 nitrogen and oxygen atoms in total. The minimum atomic E-state index is -0.668. The minimum absolute atomic E-state index is 0.240. The molecular formula is C23H20ClF2N3OS2. The first-order valence-corrected chi connectivity index (χ1v) is 13.2. The van der Waals surface area contributed by atoms with Crippen molar-refractivity contribution in [3.63, 3.8) is 0 Å². The molecule has 2 saturated heterocycles. The number of halogens is 3. The third-order valence-electron chi connectivity index (χ3n) is 6.54. The second-order valence-corrected chi connectivity index (χ2v) is 11.3. The van der Waals surface area contributed by atoms with Crippen LogP contribution in [-0.4, -0.2) is 39.9 Å². The van der Waals surface area contributed by atoms with E-state index < -0.39 is 11.6 Å². The van der Waals surface area contributed by atoms with E-state index in [0.29, 0.717) is 40.5 Å². The molecule has 0 aliphatic carbocycles. The van der Waals surface area contributed by atoms with Crippen LogP contribution < -0.4 is 10.6 Å². The van der Waals surface area contributed by atoms with Crippen LogP contribution in [0.1, 0.15) is 6.42 Å². The van der Waals surface area contributed by atoms with Gasteiger partial charge >= 0.3 is 5.69 Å². The summed E-state index contributed by atoms with van der Waals surface area (Å²) in [6.07, 6.45) is 1.23. The van der Waals surface area contributed by atoms with E-state index in [1.165, 1.54) is 18.6 Å². The molecule has 4 heterocycles. The second kappa shape index (κ2) is 7.92. The maximum absolute atomic E-state index is 14.7. The highest BCUT2D eigenvalue weighted by molar-refractivity contribution is 7.99. The van der Waals surface area contributed by atoms with Crippen molar-refractivity contribution in [2.75, 3.05) is 35.2 Å². The molecule has 2 atom stereocenters. The summed E-state index contributed by atoms with van der Waals surface area (Å²) in [4.78, 5) is 20.6. The van der Waals surface area contributed by atoms with Gasteiger partial charge in [0.2, 0.25) is 0 Å². The van der Waals surface area contributed by atoms with Gasteiger partial charge in [-0.2, -0.15) is 16.7 Å². The molecule has 3 aliphatic rings. The summed E-state index contributed by atoms with van der Waals surface area (Å²) in [6.45, 7) is 2.29. The lowest BCUT2D eigenvalue weighted by atomic mass is 9.91. The lowest BCUT2D eigenvalue weighted by molar-refractivity contribution is 0.353. The van der Waals surface area contributed by atoms with Crippen LogP contribution in [0, 0.1) is 23.5 Å². The summed E-state index contributed by atoms with van der Waals surface area (Å²) >= 11 is 10.3. The molecule has 9 heteroatoms. The number of piperidine rings is 1. The fraction of sp³-hybridized carbons (Fsp3) is 0.391. The van der Waals surface area contributed by atoms with Gasteiger partial charge in [-0.25, -0.2) is 13.6 Å². The van der Waals surface area contributed by atoms with Gasteiger partial charge in [0.25, 0.3) is 0 Å². The lowest BCUT2D eigenvalue weighted by Gasteiger charge is -2.42. The largest absolute Gasteiger partial charge is 0.355 e. The number of aromatic nitrogens is 2. The van der Waals surface area contributed by atoms with Gasteiger partial charge in [-0.1, -0.05) is 11.6 Å². The van der Waals surface area contributed by atoms with E-state index in [1.54, 1.807) is 16.3 Å². The minimum Gasteiger partial charge on any atom is -0.355 e. The van der Waals surface area contributed by atoms with Crippen molar-refractivity contribution in [2.24, 2.45) is 11.8 Å². The highest BCUT2D eigenvalue weighted by atomic mass is 35.5. The number of fused-ring (bicyclic) bond motifs is 2. The van der Waals surface area contributed by atoms with E-state index in [-0.39, 0.29) is 11.3 Å². The molecule has 0 N–H and O–H groups in total. The summed E-state index contributed by atoms with van der Waals surface area (Å²) < 4.78 is 30.0. The molecule has 0 spiro atoms. The molecule has 3 aliphatic heterocycles. The number of hydrogen-bond acceptors (Lipinski definition) is 5. The Labute approximate surface area is 197 Å². The second-order valence-electron chi connectivity index (χ2n) is 8.71. The van der Waals surface area contributed by atoms with Crippen molar-refractivity contribution in [2.45, 2.75) is 17.9 Å². The van der Waals surface area contributed by atoms with Crippen molar-refractivity contribution in [1.29, 1.82) is 0 Å². The van der Waals surface area contributed by atoms with Crippen LogP contribution in [-0.2, 0) is 6.54 Å². The predicted molar refractivity (Wildman–Crippen MR) is 128 cm³/mol. The monoisotopic (exact) mass is 491 g/mol. The highest BCUT2D eigenvalue weighted by Gasteiger charge is 2.34. The Balaban J connectivity index is 1.60.